The third kappa shape index (κ3) is 6.69. The lowest BCUT2D eigenvalue weighted by molar-refractivity contribution is -0.122. The van der Waals surface area contributed by atoms with Crippen molar-refractivity contribution in [1.29, 1.82) is 0 Å². The van der Waals surface area contributed by atoms with E-state index in [0.29, 0.717) is 49.9 Å². The van der Waals surface area contributed by atoms with Crippen LogP contribution in [0.1, 0.15) is 40.7 Å². The first-order chi connectivity index (χ1) is 14.3. The molecule has 1 N–H and O–H groups in total. The maximum absolute atomic E-state index is 12.8. The maximum Gasteiger partial charge on any atom is 0.253 e. The minimum absolute atomic E-state index is 0.0390. The minimum Gasteiger partial charge on any atom is -0.353 e. The molecule has 1 saturated heterocycles. The van der Waals surface area contributed by atoms with E-state index < -0.39 is 9.84 Å². The van der Waals surface area contributed by atoms with Gasteiger partial charge in [-0.1, -0.05) is 42.5 Å². The van der Waals surface area contributed by atoms with E-state index >= 15 is 0 Å². The number of amides is 2. The molecule has 160 valence electrons. The number of nitrogens with zero attached hydrogens (tertiary/aromatic N) is 1. The molecule has 1 aliphatic heterocycles. The molecule has 1 aliphatic rings. The molecule has 0 spiro atoms. The Morgan fingerprint density at radius 3 is 2.33 bits per heavy atom. The molecule has 0 bridgehead atoms. The second-order valence-corrected chi connectivity index (χ2v) is 10.0. The molecule has 0 atom stereocenters. The van der Waals surface area contributed by atoms with Gasteiger partial charge in [0.15, 0.2) is 9.84 Å². The number of aryl methyl sites for hydroxylation is 1. The summed E-state index contributed by atoms with van der Waals surface area (Å²) < 4.78 is 23.0. The van der Waals surface area contributed by atoms with Crippen molar-refractivity contribution >= 4 is 21.7 Å². The highest BCUT2D eigenvalue weighted by Gasteiger charge is 2.24. The number of rotatable bonds is 7. The van der Waals surface area contributed by atoms with Crippen LogP contribution in [-0.2, 0) is 26.8 Å². The summed E-state index contributed by atoms with van der Waals surface area (Å²) in [6.07, 6.45) is 3.78. The van der Waals surface area contributed by atoms with Crippen LogP contribution >= 0.6 is 0 Å². The second-order valence-electron chi connectivity index (χ2n) is 7.89. The minimum atomic E-state index is -3.15. The third-order valence-corrected chi connectivity index (χ3v) is 6.09. The van der Waals surface area contributed by atoms with E-state index in [-0.39, 0.29) is 23.6 Å². The number of likely N-dealkylation sites (tertiary alicyclic amines) is 1. The molecule has 0 saturated carbocycles. The molecule has 2 aromatic rings. The summed E-state index contributed by atoms with van der Waals surface area (Å²) in [5.41, 5.74) is 2.26. The summed E-state index contributed by atoms with van der Waals surface area (Å²) in [4.78, 5) is 26.8. The first-order valence-corrected chi connectivity index (χ1v) is 12.3. The van der Waals surface area contributed by atoms with Gasteiger partial charge >= 0.3 is 0 Å². The lowest BCUT2D eigenvalue weighted by atomic mass is 10.0. The Morgan fingerprint density at radius 2 is 1.67 bits per heavy atom. The summed E-state index contributed by atoms with van der Waals surface area (Å²) in [6.45, 7) is 1.14. The van der Waals surface area contributed by atoms with Gasteiger partial charge in [-0.25, -0.2) is 8.42 Å². The van der Waals surface area contributed by atoms with Gasteiger partial charge in [-0.15, -0.1) is 0 Å². The number of nitrogens with one attached hydrogen (secondary N) is 1. The zero-order valence-corrected chi connectivity index (χ0v) is 18.0. The van der Waals surface area contributed by atoms with Gasteiger partial charge in [-0.05, 0) is 42.5 Å². The van der Waals surface area contributed by atoms with Crippen LogP contribution < -0.4 is 5.32 Å². The van der Waals surface area contributed by atoms with E-state index in [4.69, 9.17) is 0 Å². The maximum atomic E-state index is 12.8. The van der Waals surface area contributed by atoms with Gasteiger partial charge in [-0.3, -0.25) is 9.59 Å². The van der Waals surface area contributed by atoms with E-state index in [1.165, 1.54) is 6.26 Å². The number of sulfone groups is 1. The normalized spacial score (nSPS) is 15.0. The van der Waals surface area contributed by atoms with Gasteiger partial charge < -0.3 is 10.2 Å². The summed E-state index contributed by atoms with van der Waals surface area (Å²) in [6, 6.07) is 16.8. The van der Waals surface area contributed by atoms with E-state index in [0.717, 1.165) is 5.56 Å². The molecule has 3 rings (SSSR count). The fraction of sp³-hybridized carbons (Fsp3) is 0.391. The fourth-order valence-corrected chi connectivity index (χ4v) is 4.49. The molecule has 0 radical (unpaired) electrons. The average molecular weight is 429 g/mol. The Bertz CT molecular complexity index is 981. The van der Waals surface area contributed by atoms with Crippen molar-refractivity contribution in [1.82, 2.24) is 10.2 Å². The molecule has 0 aliphatic carbocycles. The van der Waals surface area contributed by atoms with Crippen LogP contribution in [0.25, 0.3) is 0 Å². The Balaban J connectivity index is 1.47. The number of carbonyl (C=O) groups is 2. The van der Waals surface area contributed by atoms with Gasteiger partial charge in [0, 0.05) is 37.4 Å². The molecule has 1 heterocycles. The largest absolute Gasteiger partial charge is 0.353 e. The Labute approximate surface area is 178 Å². The van der Waals surface area contributed by atoms with Crippen LogP contribution in [0.2, 0.25) is 0 Å². The molecule has 1 fully saturated rings. The second kappa shape index (κ2) is 9.89. The molecule has 0 aromatic heterocycles. The van der Waals surface area contributed by atoms with Crippen LogP contribution in [-0.4, -0.2) is 50.5 Å². The highest BCUT2D eigenvalue weighted by Crippen LogP contribution is 2.16. The Kier molecular flexibility index (Phi) is 7.26. The van der Waals surface area contributed by atoms with Crippen molar-refractivity contribution in [2.75, 3.05) is 19.3 Å². The fourth-order valence-electron chi connectivity index (χ4n) is 3.71. The van der Waals surface area contributed by atoms with E-state index in [1.807, 2.05) is 30.3 Å². The lowest BCUT2D eigenvalue weighted by Gasteiger charge is -2.32. The predicted molar refractivity (Wildman–Crippen MR) is 117 cm³/mol. The van der Waals surface area contributed by atoms with Gasteiger partial charge in [0.1, 0.15) is 0 Å². The molecule has 30 heavy (non-hydrogen) atoms. The molecule has 2 aromatic carbocycles. The Hall–Kier alpha value is -2.67. The Morgan fingerprint density at radius 1 is 1.00 bits per heavy atom. The van der Waals surface area contributed by atoms with Crippen LogP contribution in [0.5, 0.6) is 0 Å². The zero-order chi connectivity index (χ0) is 21.6. The van der Waals surface area contributed by atoms with Crippen molar-refractivity contribution < 1.29 is 18.0 Å². The topological polar surface area (TPSA) is 83.6 Å². The van der Waals surface area contributed by atoms with Gasteiger partial charge in [0.05, 0.1) is 5.75 Å². The highest BCUT2D eigenvalue weighted by atomic mass is 32.2. The number of piperidine rings is 1. The summed E-state index contributed by atoms with van der Waals surface area (Å²) in [7, 11) is -3.15. The van der Waals surface area contributed by atoms with Crippen molar-refractivity contribution in [3.05, 3.63) is 71.3 Å². The van der Waals surface area contributed by atoms with Gasteiger partial charge in [0.25, 0.3) is 5.91 Å². The van der Waals surface area contributed by atoms with Crippen molar-refractivity contribution in [2.45, 2.75) is 37.5 Å². The molecule has 0 unspecified atom stereocenters. The van der Waals surface area contributed by atoms with Crippen LogP contribution in [0.3, 0.4) is 0 Å². The summed E-state index contributed by atoms with van der Waals surface area (Å²) in [5.74, 6) is -0.137. The quantitative estimate of drug-likeness (QED) is 0.735. The van der Waals surface area contributed by atoms with Crippen LogP contribution in [0, 0.1) is 0 Å². The third-order valence-electron chi connectivity index (χ3n) is 5.23. The molecule has 2 amide bonds. The lowest BCUT2D eigenvalue weighted by Crippen LogP contribution is -2.46. The number of hydrogen-bond donors (Lipinski definition) is 1. The number of carbonyl (C=O) groups excluding carboxylic acids is 2. The van der Waals surface area contributed by atoms with Crippen molar-refractivity contribution in [3.63, 3.8) is 0 Å². The van der Waals surface area contributed by atoms with Gasteiger partial charge in [-0.2, -0.15) is 0 Å². The van der Waals surface area contributed by atoms with E-state index in [9.17, 15) is 18.0 Å². The summed E-state index contributed by atoms with van der Waals surface area (Å²) >= 11 is 0. The van der Waals surface area contributed by atoms with Crippen molar-refractivity contribution in [3.8, 4) is 0 Å². The molecule has 7 heteroatoms. The SMILES string of the molecule is CS(=O)(=O)Cc1cccc(C(=O)N2CCC(NC(=O)CCc3ccccc3)CC2)c1. The van der Waals surface area contributed by atoms with E-state index in [1.54, 1.807) is 29.2 Å². The average Bonchev–Trinajstić information content (AvgIpc) is 2.72. The zero-order valence-electron chi connectivity index (χ0n) is 17.2. The molecule has 6 nitrogen and oxygen atoms in total. The van der Waals surface area contributed by atoms with Crippen LogP contribution in [0.4, 0.5) is 0 Å². The first-order valence-electron chi connectivity index (χ1n) is 10.2. The van der Waals surface area contributed by atoms with E-state index in [2.05, 4.69) is 5.32 Å². The van der Waals surface area contributed by atoms with Crippen LogP contribution in [0.15, 0.2) is 54.6 Å². The predicted octanol–water partition coefficient (Wildman–Crippen LogP) is 2.58. The number of hydrogen-bond acceptors (Lipinski definition) is 4. The van der Waals surface area contributed by atoms with Crippen molar-refractivity contribution in [2.24, 2.45) is 0 Å². The smallest absolute Gasteiger partial charge is 0.253 e. The molecular formula is C23H28N2O4S. The summed E-state index contributed by atoms with van der Waals surface area (Å²) in [5, 5.41) is 3.08. The first kappa shape index (κ1) is 22.0. The monoisotopic (exact) mass is 428 g/mol. The standard InChI is InChI=1S/C23H28N2O4S/c1-30(28,29)17-19-8-5-9-20(16-19)23(27)25-14-12-21(13-15-25)24-22(26)11-10-18-6-3-2-4-7-18/h2-9,16,21H,10-15,17H2,1H3,(H,24,26). The highest BCUT2D eigenvalue weighted by molar-refractivity contribution is 7.89. The van der Waals surface area contributed by atoms with Gasteiger partial charge in [0.2, 0.25) is 5.91 Å². The number of benzene rings is 2. The molecular weight excluding hydrogens is 400 g/mol.